The van der Waals surface area contributed by atoms with Crippen molar-refractivity contribution in [2.24, 2.45) is 0 Å². The van der Waals surface area contributed by atoms with Gasteiger partial charge in [-0.15, -0.1) is 0 Å². The first-order valence-electron chi connectivity index (χ1n) is 9.15. The molecule has 0 aliphatic carbocycles. The van der Waals surface area contributed by atoms with E-state index >= 15 is 0 Å². The Balaban J connectivity index is 2.01. The minimum Gasteiger partial charge on any atom is -0.496 e. The van der Waals surface area contributed by atoms with Gasteiger partial charge < -0.3 is 19.5 Å². The molecule has 6 heteroatoms. The second-order valence-electron chi connectivity index (χ2n) is 6.56. The summed E-state index contributed by atoms with van der Waals surface area (Å²) in [6.45, 7) is 8.27. The molecule has 0 aromatic heterocycles. The molecule has 28 heavy (non-hydrogen) atoms. The number of rotatable bonds is 8. The lowest BCUT2D eigenvalue weighted by Gasteiger charge is -2.13. The first-order chi connectivity index (χ1) is 13.3. The molecule has 0 atom stereocenters. The van der Waals surface area contributed by atoms with E-state index < -0.39 is 5.97 Å². The van der Waals surface area contributed by atoms with Crippen LogP contribution in [0.5, 0.6) is 5.75 Å². The number of hydrogen-bond donors (Lipinski definition) is 1. The summed E-state index contributed by atoms with van der Waals surface area (Å²) in [6, 6.07) is 8.92. The SMILES string of the molecule is CCOCc1cc(C(=O)OCC(=O)Nc2c(C)cc(C)cc2C)ccc1OC. The molecule has 0 heterocycles. The Bertz CT molecular complexity index is 837. The quantitative estimate of drug-likeness (QED) is 0.697. The van der Waals surface area contributed by atoms with Crippen LogP contribution in [0.1, 0.15) is 39.5 Å². The van der Waals surface area contributed by atoms with Crippen molar-refractivity contribution in [1.29, 1.82) is 0 Å². The summed E-state index contributed by atoms with van der Waals surface area (Å²) in [6.07, 6.45) is 0. The second-order valence-corrected chi connectivity index (χ2v) is 6.56. The van der Waals surface area contributed by atoms with Crippen molar-refractivity contribution in [2.45, 2.75) is 34.3 Å². The molecular weight excluding hydrogens is 358 g/mol. The molecule has 0 saturated carbocycles. The Morgan fingerprint density at radius 3 is 2.32 bits per heavy atom. The molecule has 0 radical (unpaired) electrons. The van der Waals surface area contributed by atoms with Crippen LogP contribution in [0.4, 0.5) is 5.69 Å². The van der Waals surface area contributed by atoms with Gasteiger partial charge in [-0.3, -0.25) is 4.79 Å². The summed E-state index contributed by atoms with van der Waals surface area (Å²) in [5.41, 5.74) is 4.89. The number of carbonyl (C=O) groups excluding carboxylic acids is 2. The molecule has 1 amide bonds. The molecule has 0 fully saturated rings. The van der Waals surface area contributed by atoms with Gasteiger partial charge in [-0.2, -0.15) is 0 Å². The van der Waals surface area contributed by atoms with Crippen LogP contribution in [-0.4, -0.2) is 32.2 Å². The Labute approximate surface area is 165 Å². The number of esters is 1. The Hall–Kier alpha value is -2.86. The maximum atomic E-state index is 12.3. The monoisotopic (exact) mass is 385 g/mol. The highest BCUT2D eigenvalue weighted by molar-refractivity contribution is 5.96. The molecule has 150 valence electrons. The lowest BCUT2D eigenvalue weighted by molar-refractivity contribution is -0.119. The van der Waals surface area contributed by atoms with Gasteiger partial charge in [0.2, 0.25) is 0 Å². The standard InChI is InChI=1S/C22H27NO5/c1-6-27-12-18-11-17(7-8-19(18)26-5)22(25)28-13-20(24)23-21-15(3)9-14(2)10-16(21)4/h7-11H,6,12-13H2,1-5H3,(H,23,24). The molecule has 0 bridgehead atoms. The number of benzene rings is 2. The van der Waals surface area contributed by atoms with Crippen LogP contribution < -0.4 is 10.1 Å². The zero-order chi connectivity index (χ0) is 20.7. The number of aryl methyl sites for hydroxylation is 3. The van der Waals surface area contributed by atoms with Crippen LogP contribution in [0.3, 0.4) is 0 Å². The second kappa shape index (κ2) is 9.90. The largest absolute Gasteiger partial charge is 0.496 e. The molecule has 2 aromatic carbocycles. The molecule has 1 N–H and O–H groups in total. The summed E-state index contributed by atoms with van der Waals surface area (Å²) in [4.78, 5) is 24.5. The highest BCUT2D eigenvalue weighted by atomic mass is 16.5. The molecule has 0 unspecified atom stereocenters. The third-order valence-corrected chi connectivity index (χ3v) is 4.25. The van der Waals surface area contributed by atoms with Gasteiger partial charge >= 0.3 is 5.97 Å². The van der Waals surface area contributed by atoms with Gasteiger partial charge in [0.05, 0.1) is 19.3 Å². The fourth-order valence-electron chi connectivity index (χ4n) is 3.00. The fraction of sp³-hybridized carbons (Fsp3) is 0.364. The van der Waals surface area contributed by atoms with Crippen molar-refractivity contribution in [3.05, 3.63) is 58.1 Å². The van der Waals surface area contributed by atoms with Crippen LogP contribution in [0.25, 0.3) is 0 Å². The van der Waals surface area contributed by atoms with E-state index in [0.29, 0.717) is 24.5 Å². The molecular formula is C22H27NO5. The smallest absolute Gasteiger partial charge is 0.338 e. The van der Waals surface area contributed by atoms with Crippen molar-refractivity contribution in [2.75, 3.05) is 25.6 Å². The fourth-order valence-corrected chi connectivity index (χ4v) is 3.00. The van der Waals surface area contributed by atoms with E-state index in [2.05, 4.69) is 5.32 Å². The van der Waals surface area contributed by atoms with Crippen LogP contribution in [0.2, 0.25) is 0 Å². The third kappa shape index (κ3) is 5.57. The Morgan fingerprint density at radius 2 is 1.71 bits per heavy atom. The zero-order valence-electron chi connectivity index (χ0n) is 17.0. The highest BCUT2D eigenvalue weighted by Gasteiger charge is 2.14. The lowest BCUT2D eigenvalue weighted by Crippen LogP contribution is -2.22. The summed E-state index contributed by atoms with van der Waals surface area (Å²) in [5.74, 6) is -0.326. The summed E-state index contributed by atoms with van der Waals surface area (Å²) < 4.78 is 15.8. The number of methoxy groups -OCH3 is 1. The van der Waals surface area contributed by atoms with Gasteiger partial charge in [0.1, 0.15) is 5.75 Å². The lowest BCUT2D eigenvalue weighted by atomic mass is 10.1. The van der Waals surface area contributed by atoms with E-state index in [1.54, 1.807) is 25.3 Å². The van der Waals surface area contributed by atoms with Crippen molar-refractivity contribution in [1.82, 2.24) is 0 Å². The number of amides is 1. The van der Waals surface area contributed by atoms with Gasteiger partial charge in [-0.1, -0.05) is 17.7 Å². The van der Waals surface area contributed by atoms with Crippen molar-refractivity contribution >= 4 is 17.6 Å². The van der Waals surface area contributed by atoms with E-state index in [-0.39, 0.29) is 12.5 Å². The van der Waals surface area contributed by atoms with Crippen LogP contribution in [-0.2, 0) is 20.9 Å². The molecule has 0 aliphatic rings. The number of ether oxygens (including phenoxy) is 3. The summed E-state index contributed by atoms with van der Waals surface area (Å²) in [5, 5.41) is 2.81. The van der Waals surface area contributed by atoms with E-state index in [4.69, 9.17) is 14.2 Å². The molecule has 0 spiro atoms. The minimum absolute atomic E-state index is 0.327. The third-order valence-electron chi connectivity index (χ3n) is 4.25. The average molecular weight is 385 g/mol. The van der Waals surface area contributed by atoms with E-state index in [1.807, 2.05) is 39.8 Å². The Kier molecular flexibility index (Phi) is 7.58. The normalized spacial score (nSPS) is 10.5. The Morgan fingerprint density at radius 1 is 1.04 bits per heavy atom. The molecule has 2 rings (SSSR count). The van der Waals surface area contributed by atoms with Crippen molar-refractivity contribution in [3.63, 3.8) is 0 Å². The maximum absolute atomic E-state index is 12.3. The van der Waals surface area contributed by atoms with Gasteiger partial charge in [-0.05, 0) is 57.0 Å². The highest BCUT2D eigenvalue weighted by Crippen LogP contribution is 2.23. The minimum atomic E-state index is -0.576. The summed E-state index contributed by atoms with van der Waals surface area (Å²) in [7, 11) is 1.56. The molecule has 6 nitrogen and oxygen atoms in total. The predicted octanol–water partition coefficient (Wildman–Crippen LogP) is 3.95. The predicted molar refractivity (Wildman–Crippen MR) is 108 cm³/mol. The van der Waals surface area contributed by atoms with Crippen LogP contribution in [0, 0.1) is 20.8 Å². The van der Waals surface area contributed by atoms with Gasteiger partial charge in [-0.25, -0.2) is 4.79 Å². The maximum Gasteiger partial charge on any atom is 0.338 e. The van der Waals surface area contributed by atoms with Gasteiger partial charge in [0.25, 0.3) is 5.91 Å². The average Bonchev–Trinajstić information content (AvgIpc) is 2.66. The number of anilines is 1. The first-order valence-corrected chi connectivity index (χ1v) is 9.15. The van der Waals surface area contributed by atoms with E-state index in [9.17, 15) is 9.59 Å². The number of nitrogens with one attached hydrogen (secondary N) is 1. The molecule has 0 saturated heterocycles. The number of carbonyl (C=O) groups is 2. The molecule has 2 aromatic rings. The summed E-state index contributed by atoms with van der Waals surface area (Å²) >= 11 is 0. The van der Waals surface area contributed by atoms with E-state index in [1.165, 1.54) is 0 Å². The van der Waals surface area contributed by atoms with Crippen molar-refractivity contribution in [3.8, 4) is 5.75 Å². The van der Waals surface area contributed by atoms with E-state index in [0.717, 1.165) is 27.9 Å². The van der Waals surface area contributed by atoms with Gasteiger partial charge in [0, 0.05) is 17.9 Å². The first kappa shape index (κ1) is 21.4. The topological polar surface area (TPSA) is 73.9 Å². The van der Waals surface area contributed by atoms with Crippen LogP contribution in [0.15, 0.2) is 30.3 Å². The van der Waals surface area contributed by atoms with Crippen LogP contribution >= 0.6 is 0 Å². The molecule has 0 aliphatic heterocycles. The zero-order valence-corrected chi connectivity index (χ0v) is 17.0. The van der Waals surface area contributed by atoms with Crippen molar-refractivity contribution < 1.29 is 23.8 Å². The number of hydrogen-bond acceptors (Lipinski definition) is 5. The van der Waals surface area contributed by atoms with Gasteiger partial charge in [0.15, 0.2) is 6.61 Å².